The minimum absolute atomic E-state index is 0.821. The van der Waals surface area contributed by atoms with E-state index in [4.69, 9.17) is 0 Å². The van der Waals surface area contributed by atoms with Crippen molar-refractivity contribution in [1.29, 1.82) is 0 Å². The third-order valence-corrected chi connectivity index (χ3v) is 3.13. The third kappa shape index (κ3) is 3.20. The SMILES string of the molecule is CCCn1ccnc1CNCc1ccccc1C. The Bertz CT molecular complexity index is 488. The highest BCUT2D eigenvalue weighted by Gasteiger charge is 2.02. The van der Waals surface area contributed by atoms with Gasteiger partial charge in [0.15, 0.2) is 0 Å². The fraction of sp³-hybridized carbons (Fsp3) is 0.400. The van der Waals surface area contributed by atoms with Gasteiger partial charge >= 0.3 is 0 Å². The Kier molecular flexibility index (Phi) is 4.53. The first-order valence-corrected chi connectivity index (χ1v) is 6.56. The van der Waals surface area contributed by atoms with Crippen molar-refractivity contribution in [1.82, 2.24) is 14.9 Å². The molecule has 2 rings (SSSR count). The molecule has 18 heavy (non-hydrogen) atoms. The molecule has 1 aromatic heterocycles. The number of rotatable bonds is 6. The van der Waals surface area contributed by atoms with E-state index in [9.17, 15) is 0 Å². The van der Waals surface area contributed by atoms with Crippen LogP contribution in [0.15, 0.2) is 36.7 Å². The maximum absolute atomic E-state index is 4.39. The molecule has 0 bridgehead atoms. The highest BCUT2D eigenvalue weighted by molar-refractivity contribution is 5.25. The summed E-state index contributed by atoms with van der Waals surface area (Å²) in [6.07, 6.45) is 5.07. The van der Waals surface area contributed by atoms with Crippen molar-refractivity contribution in [3.8, 4) is 0 Å². The summed E-state index contributed by atoms with van der Waals surface area (Å²) in [6, 6.07) is 8.48. The van der Waals surface area contributed by atoms with E-state index in [1.807, 2.05) is 12.4 Å². The summed E-state index contributed by atoms with van der Waals surface area (Å²) >= 11 is 0. The zero-order valence-electron chi connectivity index (χ0n) is 11.2. The van der Waals surface area contributed by atoms with Crippen LogP contribution in [-0.4, -0.2) is 9.55 Å². The van der Waals surface area contributed by atoms with Gasteiger partial charge in [-0.05, 0) is 24.5 Å². The van der Waals surface area contributed by atoms with Crippen LogP contribution in [0.4, 0.5) is 0 Å². The summed E-state index contributed by atoms with van der Waals surface area (Å²) in [4.78, 5) is 4.39. The molecule has 96 valence electrons. The highest BCUT2D eigenvalue weighted by atomic mass is 15.1. The zero-order chi connectivity index (χ0) is 12.8. The van der Waals surface area contributed by atoms with E-state index in [0.717, 1.165) is 31.9 Å². The normalized spacial score (nSPS) is 10.8. The predicted molar refractivity (Wildman–Crippen MR) is 74.2 cm³/mol. The van der Waals surface area contributed by atoms with Gasteiger partial charge in [-0.15, -0.1) is 0 Å². The van der Waals surface area contributed by atoms with Gasteiger partial charge in [0.05, 0.1) is 6.54 Å². The number of hydrogen-bond acceptors (Lipinski definition) is 2. The Morgan fingerprint density at radius 2 is 2.06 bits per heavy atom. The van der Waals surface area contributed by atoms with E-state index < -0.39 is 0 Å². The van der Waals surface area contributed by atoms with E-state index in [1.54, 1.807) is 0 Å². The summed E-state index contributed by atoms with van der Waals surface area (Å²) in [7, 11) is 0. The number of nitrogens with one attached hydrogen (secondary N) is 1. The van der Waals surface area contributed by atoms with Crippen molar-refractivity contribution in [3.05, 3.63) is 53.6 Å². The quantitative estimate of drug-likeness (QED) is 0.845. The topological polar surface area (TPSA) is 29.9 Å². The van der Waals surface area contributed by atoms with E-state index in [2.05, 4.69) is 53.0 Å². The molecule has 0 aliphatic carbocycles. The Labute approximate surface area is 109 Å². The Morgan fingerprint density at radius 1 is 1.22 bits per heavy atom. The number of nitrogens with zero attached hydrogens (tertiary/aromatic N) is 2. The Balaban J connectivity index is 1.88. The van der Waals surface area contributed by atoms with Crippen LogP contribution < -0.4 is 5.32 Å². The number of imidazole rings is 1. The molecule has 1 N–H and O–H groups in total. The van der Waals surface area contributed by atoms with E-state index in [0.29, 0.717) is 0 Å². The van der Waals surface area contributed by atoms with Crippen molar-refractivity contribution in [2.24, 2.45) is 0 Å². The molecule has 0 aliphatic heterocycles. The fourth-order valence-corrected chi connectivity index (χ4v) is 2.07. The number of benzene rings is 1. The number of hydrogen-bond donors (Lipinski definition) is 1. The molecule has 0 aliphatic rings. The lowest BCUT2D eigenvalue weighted by Crippen LogP contribution is -2.17. The van der Waals surface area contributed by atoms with Crippen molar-refractivity contribution in [2.45, 2.75) is 39.9 Å². The van der Waals surface area contributed by atoms with Crippen molar-refractivity contribution in [2.75, 3.05) is 0 Å². The van der Waals surface area contributed by atoms with E-state index >= 15 is 0 Å². The molecule has 0 unspecified atom stereocenters. The molecule has 0 atom stereocenters. The summed E-state index contributed by atoms with van der Waals surface area (Å²) in [6.45, 7) is 7.09. The first kappa shape index (κ1) is 12.8. The minimum atomic E-state index is 0.821. The minimum Gasteiger partial charge on any atom is -0.334 e. The first-order chi connectivity index (χ1) is 8.81. The van der Waals surface area contributed by atoms with E-state index in [-0.39, 0.29) is 0 Å². The Hall–Kier alpha value is -1.61. The van der Waals surface area contributed by atoms with Crippen LogP contribution in [0.5, 0.6) is 0 Å². The second-order valence-corrected chi connectivity index (χ2v) is 4.57. The van der Waals surface area contributed by atoms with Crippen LogP contribution >= 0.6 is 0 Å². The van der Waals surface area contributed by atoms with Crippen LogP contribution in [0.1, 0.15) is 30.3 Å². The van der Waals surface area contributed by atoms with Gasteiger partial charge in [-0.3, -0.25) is 0 Å². The molecular weight excluding hydrogens is 222 g/mol. The lowest BCUT2D eigenvalue weighted by molar-refractivity contribution is 0.588. The highest BCUT2D eigenvalue weighted by Crippen LogP contribution is 2.06. The lowest BCUT2D eigenvalue weighted by atomic mass is 10.1. The number of aryl methyl sites for hydroxylation is 2. The lowest BCUT2D eigenvalue weighted by Gasteiger charge is -2.09. The van der Waals surface area contributed by atoms with Gasteiger partial charge in [0.2, 0.25) is 0 Å². The van der Waals surface area contributed by atoms with Gasteiger partial charge in [-0.1, -0.05) is 31.2 Å². The van der Waals surface area contributed by atoms with Crippen LogP contribution in [-0.2, 0) is 19.6 Å². The summed E-state index contributed by atoms with van der Waals surface area (Å²) in [5.41, 5.74) is 2.69. The molecule has 3 nitrogen and oxygen atoms in total. The molecule has 0 spiro atoms. The van der Waals surface area contributed by atoms with Crippen LogP contribution in [0.2, 0.25) is 0 Å². The van der Waals surface area contributed by atoms with Gasteiger partial charge < -0.3 is 9.88 Å². The van der Waals surface area contributed by atoms with Crippen molar-refractivity contribution in [3.63, 3.8) is 0 Å². The molecule has 1 heterocycles. The molecule has 0 radical (unpaired) electrons. The maximum Gasteiger partial charge on any atom is 0.122 e. The van der Waals surface area contributed by atoms with E-state index in [1.165, 1.54) is 11.1 Å². The summed E-state index contributed by atoms with van der Waals surface area (Å²) in [5, 5.41) is 3.46. The standard InChI is InChI=1S/C15H21N3/c1-3-9-18-10-8-17-15(18)12-16-11-14-7-5-4-6-13(14)2/h4-8,10,16H,3,9,11-12H2,1-2H3. The predicted octanol–water partition coefficient (Wildman–Crippen LogP) is 2.89. The smallest absolute Gasteiger partial charge is 0.122 e. The second kappa shape index (κ2) is 6.36. The molecule has 0 saturated heterocycles. The molecule has 0 saturated carbocycles. The second-order valence-electron chi connectivity index (χ2n) is 4.57. The molecule has 2 aromatic rings. The average Bonchev–Trinajstić information content (AvgIpc) is 2.80. The summed E-state index contributed by atoms with van der Waals surface area (Å²) in [5.74, 6) is 1.12. The zero-order valence-corrected chi connectivity index (χ0v) is 11.2. The van der Waals surface area contributed by atoms with Crippen LogP contribution in [0.3, 0.4) is 0 Å². The van der Waals surface area contributed by atoms with Crippen LogP contribution in [0.25, 0.3) is 0 Å². The van der Waals surface area contributed by atoms with Gasteiger partial charge in [0.25, 0.3) is 0 Å². The monoisotopic (exact) mass is 243 g/mol. The molecule has 0 fully saturated rings. The van der Waals surface area contributed by atoms with Gasteiger partial charge in [0, 0.05) is 25.5 Å². The third-order valence-electron chi connectivity index (χ3n) is 3.13. The first-order valence-electron chi connectivity index (χ1n) is 6.56. The summed E-state index contributed by atoms with van der Waals surface area (Å²) < 4.78 is 2.21. The fourth-order valence-electron chi connectivity index (χ4n) is 2.07. The van der Waals surface area contributed by atoms with Gasteiger partial charge in [-0.2, -0.15) is 0 Å². The van der Waals surface area contributed by atoms with Crippen molar-refractivity contribution < 1.29 is 0 Å². The molecular formula is C15H21N3. The largest absolute Gasteiger partial charge is 0.334 e. The van der Waals surface area contributed by atoms with Gasteiger partial charge in [0.1, 0.15) is 5.82 Å². The molecule has 1 aromatic carbocycles. The number of aromatic nitrogens is 2. The Morgan fingerprint density at radius 3 is 2.83 bits per heavy atom. The average molecular weight is 243 g/mol. The van der Waals surface area contributed by atoms with Gasteiger partial charge in [-0.25, -0.2) is 4.98 Å². The molecule has 0 amide bonds. The van der Waals surface area contributed by atoms with Crippen molar-refractivity contribution >= 4 is 0 Å². The molecule has 3 heteroatoms. The van der Waals surface area contributed by atoms with Crippen LogP contribution in [0, 0.1) is 6.92 Å². The maximum atomic E-state index is 4.39.